The number of aliphatic hydroxyl groups is 1. The molecule has 0 spiro atoms. The second-order valence-corrected chi connectivity index (χ2v) is 6.75. The number of rotatable bonds is 4. The number of amides is 2. The Kier molecular flexibility index (Phi) is 5.62. The SMILES string of the molecule is CC1(O)CCCN(C(=O)CCNC(=O)C2CCCC2)CC1. The number of hydrogen-bond acceptors (Lipinski definition) is 3. The van der Waals surface area contributed by atoms with E-state index in [9.17, 15) is 14.7 Å². The predicted octanol–water partition coefficient (Wildman–Crippen LogP) is 1.45. The van der Waals surface area contributed by atoms with Crippen LogP contribution in [-0.4, -0.2) is 47.1 Å². The van der Waals surface area contributed by atoms with E-state index in [0.717, 1.165) is 38.5 Å². The zero-order valence-electron chi connectivity index (χ0n) is 13.1. The van der Waals surface area contributed by atoms with Crippen molar-refractivity contribution in [2.75, 3.05) is 19.6 Å². The summed E-state index contributed by atoms with van der Waals surface area (Å²) in [4.78, 5) is 25.9. The molecule has 0 bridgehead atoms. The van der Waals surface area contributed by atoms with Gasteiger partial charge in [0.05, 0.1) is 5.60 Å². The van der Waals surface area contributed by atoms with Crippen molar-refractivity contribution in [2.45, 2.75) is 63.9 Å². The van der Waals surface area contributed by atoms with Crippen LogP contribution in [0.25, 0.3) is 0 Å². The Morgan fingerprint density at radius 2 is 1.90 bits per heavy atom. The van der Waals surface area contributed by atoms with Gasteiger partial charge in [-0.3, -0.25) is 9.59 Å². The van der Waals surface area contributed by atoms with E-state index in [-0.39, 0.29) is 17.7 Å². The standard InChI is InChI=1S/C16H28N2O3/c1-16(21)8-4-11-18(12-9-16)14(19)7-10-17-15(20)13-5-2-3-6-13/h13,21H,2-12H2,1H3,(H,17,20). The first kappa shape index (κ1) is 16.3. The lowest BCUT2D eigenvalue weighted by molar-refractivity contribution is -0.131. The van der Waals surface area contributed by atoms with Crippen LogP contribution < -0.4 is 5.32 Å². The normalized spacial score (nSPS) is 27.4. The lowest BCUT2D eigenvalue weighted by Gasteiger charge is -2.22. The first-order chi connectivity index (χ1) is 9.98. The second kappa shape index (κ2) is 7.25. The molecule has 0 aromatic rings. The van der Waals surface area contributed by atoms with Gasteiger partial charge in [0, 0.05) is 32.0 Å². The van der Waals surface area contributed by atoms with Gasteiger partial charge in [0.1, 0.15) is 0 Å². The molecule has 2 fully saturated rings. The molecule has 1 heterocycles. The largest absolute Gasteiger partial charge is 0.390 e. The van der Waals surface area contributed by atoms with Crippen molar-refractivity contribution >= 4 is 11.8 Å². The number of carbonyl (C=O) groups excluding carboxylic acids is 2. The third-order valence-corrected chi connectivity index (χ3v) is 4.78. The van der Waals surface area contributed by atoms with E-state index in [0.29, 0.717) is 32.5 Å². The van der Waals surface area contributed by atoms with Crippen LogP contribution in [0.5, 0.6) is 0 Å². The third-order valence-electron chi connectivity index (χ3n) is 4.78. The van der Waals surface area contributed by atoms with Crippen molar-refractivity contribution < 1.29 is 14.7 Å². The van der Waals surface area contributed by atoms with Crippen molar-refractivity contribution in [1.82, 2.24) is 10.2 Å². The molecule has 21 heavy (non-hydrogen) atoms. The number of hydrogen-bond donors (Lipinski definition) is 2. The summed E-state index contributed by atoms with van der Waals surface area (Å²) in [5, 5.41) is 12.9. The van der Waals surface area contributed by atoms with Crippen LogP contribution in [0.2, 0.25) is 0 Å². The number of likely N-dealkylation sites (tertiary alicyclic amines) is 1. The maximum atomic E-state index is 12.2. The number of nitrogens with zero attached hydrogens (tertiary/aromatic N) is 1. The minimum Gasteiger partial charge on any atom is -0.390 e. The Balaban J connectivity index is 1.68. The maximum Gasteiger partial charge on any atom is 0.224 e. The zero-order chi connectivity index (χ0) is 15.3. The Bertz CT molecular complexity index is 376. The van der Waals surface area contributed by atoms with Crippen LogP contribution in [0.1, 0.15) is 58.3 Å². The fraction of sp³-hybridized carbons (Fsp3) is 0.875. The van der Waals surface area contributed by atoms with Gasteiger partial charge in [0.2, 0.25) is 11.8 Å². The van der Waals surface area contributed by atoms with Gasteiger partial charge in [0.25, 0.3) is 0 Å². The topological polar surface area (TPSA) is 69.6 Å². The summed E-state index contributed by atoms with van der Waals surface area (Å²) in [6.07, 6.45) is 6.84. The summed E-state index contributed by atoms with van der Waals surface area (Å²) in [6, 6.07) is 0. The van der Waals surface area contributed by atoms with E-state index in [4.69, 9.17) is 0 Å². The van der Waals surface area contributed by atoms with Crippen LogP contribution in [0.15, 0.2) is 0 Å². The summed E-state index contributed by atoms with van der Waals surface area (Å²) in [5.74, 6) is 0.354. The molecule has 5 heteroatoms. The van der Waals surface area contributed by atoms with E-state index in [1.165, 1.54) is 0 Å². The zero-order valence-corrected chi connectivity index (χ0v) is 13.1. The highest BCUT2D eigenvalue weighted by Crippen LogP contribution is 2.24. The first-order valence-electron chi connectivity index (χ1n) is 8.26. The van der Waals surface area contributed by atoms with Crippen LogP contribution >= 0.6 is 0 Å². The third kappa shape index (κ3) is 4.99. The monoisotopic (exact) mass is 296 g/mol. The van der Waals surface area contributed by atoms with Gasteiger partial charge in [-0.15, -0.1) is 0 Å². The molecule has 2 N–H and O–H groups in total. The summed E-state index contributed by atoms with van der Waals surface area (Å²) in [7, 11) is 0. The van der Waals surface area contributed by atoms with Gasteiger partial charge < -0.3 is 15.3 Å². The molecular weight excluding hydrogens is 268 g/mol. The molecule has 0 aromatic heterocycles. The summed E-state index contributed by atoms with van der Waals surface area (Å²) in [6.45, 7) is 3.60. The van der Waals surface area contributed by atoms with Crippen LogP contribution in [0, 0.1) is 5.92 Å². The van der Waals surface area contributed by atoms with Crippen LogP contribution in [-0.2, 0) is 9.59 Å². The average molecular weight is 296 g/mol. The minimum absolute atomic E-state index is 0.0828. The molecule has 2 aliphatic rings. The molecule has 2 rings (SSSR count). The molecule has 1 saturated carbocycles. The Morgan fingerprint density at radius 1 is 1.19 bits per heavy atom. The summed E-state index contributed by atoms with van der Waals surface area (Å²) >= 11 is 0. The Hall–Kier alpha value is -1.10. The summed E-state index contributed by atoms with van der Waals surface area (Å²) in [5.41, 5.74) is -0.647. The van der Waals surface area contributed by atoms with Crippen molar-refractivity contribution in [3.63, 3.8) is 0 Å². The average Bonchev–Trinajstić information content (AvgIpc) is 2.90. The van der Waals surface area contributed by atoms with Gasteiger partial charge in [-0.25, -0.2) is 0 Å². The molecular formula is C16H28N2O3. The minimum atomic E-state index is -0.647. The van der Waals surface area contributed by atoms with E-state index < -0.39 is 5.60 Å². The van der Waals surface area contributed by atoms with Crippen molar-refractivity contribution in [1.29, 1.82) is 0 Å². The van der Waals surface area contributed by atoms with E-state index in [1.54, 1.807) is 0 Å². The van der Waals surface area contributed by atoms with Gasteiger partial charge >= 0.3 is 0 Å². The van der Waals surface area contributed by atoms with Gasteiger partial charge in [-0.05, 0) is 39.0 Å². The predicted molar refractivity (Wildman–Crippen MR) is 80.6 cm³/mol. The Labute approximate surface area is 127 Å². The number of nitrogens with one attached hydrogen (secondary N) is 1. The fourth-order valence-corrected chi connectivity index (χ4v) is 3.30. The summed E-state index contributed by atoms with van der Waals surface area (Å²) < 4.78 is 0. The fourth-order valence-electron chi connectivity index (χ4n) is 3.30. The van der Waals surface area contributed by atoms with E-state index >= 15 is 0 Å². The molecule has 1 saturated heterocycles. The van der Waals surface area contributed by atoms with Crippen LogP contribution in [0.4, 0.5) is 0 Å². The van der Waals surface area contributed by atoms with E-state index in [2.05, 4.69) is 5.32 Å². The molecule has 2 amide bonds. The first-order valence-corrected chi connectivity index (χ1v) is 8.26. The van der Waals surface area contributed by atoms with Crippen molar-refractivity contribution in [2.24, 2.45) is 5.92 Å². The molecule has 120 valence electrons. The maximum absolute atomic E-state index is 12.2. The van der Waals surface area contributed by atoms with Gasteiger partial charge in [0.15, 0.2) is 0 Å². The van der Waals surface area contributed by atoms with E-state index in [1.807, 2.05) is 11.8 Å². The molecule has 1 atom stereocenters. The molecule has 1 unspecified atom stereocenters. The highest BCUT2D eigenvalue weighted by Gasteiger charge is 2.27. The Morgan fingerprint density at radius 3 is 2.62 bits per heavy atom. The van der Waals surface area contributed by atoms with Gasteiger partial charge in [-0.2, -0.15) is 0 Å². The lowest BCUT2D eigenvalue weighted by Crippen LogP contribution is -2.37. The molecule has 1 aliphatic carbocycles. The smallest absolute Gasteiger partial charge is 0.224 e. The molecule has 5 nitrogen and oxygen atoms in total. The van der Waals surface area contributed by atoms with Gasteiger partial charge in [-0.1, -0.05) is 12.8 Å². The molecule has 0 aromatic carbocycles. The lowest BCUT2D eigenvalue weighted by atomic mass is 9.98. The molecule has 1 aliphatic heterocycles. The van der Waals surface area contributed by atoms with Crippen molar-refractivity contribution in [3.05, 3.63) is 0 Å². The highest BCUT2D eigenvalue weighted by molar-refractivity contribution is 5.80. The second-order valence-electron chi connectivity index (χ2n) is 6.75. The quantitative estimate of drug-likeness (QED) is 0.825. The molecule has 0 radical (unpaired) electrons. The highest BCUT2D eigenvalue weighted by atomic mass is 16.3. The van der Waals surface area contributed by atoms with Crippen molar-refractivity contribution in [3.8, 4) is 0 Å². The number of carbonyl (C=O) groups is 2. The van der Waals surface area contributed by atoms with Crippen LogP contribution in [0.3, 0.4) is 0 Å².